The van der Waals surface area contributed by atoms with Crippen LogP contribution in [0.4, 0.5) is 5.69 Å². The zero-order valence-corrected chi connectivity index (χ0v) is 10.4. The standard InChI is InChI=1S/C12H10BrN3/c1-9-15-5-6-16(9)8-10-3-4-11(13)12(7-10)14-2/h3-7H,8H2,1H3. The molecule has 0 amide bonds. The van der Waals surface area contributed by atoms with Crippen molar-refractivity contribution in [3.63, 3.8) is 0 Å². The van der Waals surface area contributed by atoms with E-state index in [1.165, 1.54) is 0 Å². The summed E-state index contributed by atoms with van der Waals surface area (Å²) in [5.74, 6) is 0.979. The summed E-state index contributed by atoms with van der Waals surface area (Å²) in [4.78, 5) is 7.63. The predicted molar refractivity (Wildman–Crippen MR) is 66.5 cm³/mol. The third-order valence-corrected chi connectivity index (χ3v) is 3.08. The molecule has 2 aromatic rings. The Hall–Kier alpha value is -1.60. The van der Waals surface area contributed by atoms with Gasteiger partial charge in [0.25, 0.3) is 0 Å². The van der Waals surface area contributed by atoms with Crippen molar-refractivity contribution in [1.29, 1.82) is 0 Å². The van der Waals surface area contributed by atoms with Gasteiger partial charge in [-0.3, -0.25) is 0 Å². The number of halogens is 1. The average Bonchev–Trinajstić information content (AvgIpc) is 2.67. The van der Waals surface area contributed by atoms with E-state index in [1.54, 1.807) is 6.20 Å². The molecule has 1 aromatic carbocycles. The highest BCUT2D eigenvalue weighted by Gasteiger charge is 2.03. The van der Waals surface area contributed by atoms with Gasteiger partial charge >= 0.3 is 0 Å². The van der Waals surface area contributed by atoms with Crippen LogP contribution in [0.3, 0.4) is 0 Å². The molecule has 0 unspecified atom stereocenters. The number of imidazole rings is 1. The highest BCUT2D eigenvalue weighted by atomic mass is 79.9. The molecule has 80 valence electrons. The van der Waals surface area contributed by atoms with Crippen molar-refractivity contribution in [1.82, 2.24) is 9.55 Å². The fourth-order valence-electron chi connectivity index (χ4n) is 1.51. The van der Waals surface area contributed by atoms with Crippen LogP contribution in [0.25, 0.3) is 4.85 Å². The van der Waals surface area contributed by atoms with Gasteiger partial charge in [-0.2, -0.15) is 0 Å². The van der Waals surface area contributed by atoms with Crippen molar-refractivity contribution < 1.29 is 0 Å². The number of aryl methyl sites for hydroxylation is 1. The Morgan fingerprint density at radius 1 is 1.50 bits per heavy atom. The van der Waals surface area contributed by atoms with Crippen LogP contribution in [0.2, 0.25) is 0 Å². The molecular weight excluding hydrogens is 266 g/mol. The van der Waals surface area contributed by atoms with Crippen LogP contribution in [-0.4, -0.2) is 9.55 Å². The molecular formula is C12H10BrN3. The second-order valence-electron chi connectivity index (χ2n) is 3.50. The van der Waals surface area contributed by atoms with E-state index in [1.807, 2.05) is 31.3 Å². The molecule has 3 nitrogen and oxygen atoms in total. The molecule has 0 aliphatic carbocycles. The van der Waals surface area contributed by atoms with Gasteiger partial charge in [-0.25, -0.2) is 9.83 Å². The molecule has 4 heteroatoms. The second-order valence-corrected chi connectivity index (χ2v) is 4.35. The number of rotatable bonds is 2. The van der Waals surface area contributed by atoms with E-state index in [9.17, 15) is 0 Å². The number of benzene rings is 1. The predicted octanol–water partition coefficient (Wildman–Crippen LogP) is 3.55. The lowest BCUT2D eigenvalue weighted by Gasteiger charge is -2.06. The second kappa shape index (κ2) is 4.50. The summed E-state index contributed by atoms with van der Waals surface area (Å²) in [5, 5.41) is 0. The number of hydrogen-bond acceptors (Lipinski definition) is 1. The van der Waals surface area contributed by atoms with Gasteiger partial charge in [0, 0.05) is 23.4 Å². The van der Waals surface area contributed by atoms with Gasteiger partial charge in [0.05, 0.1) is 6.57 Å². The SMILES string of the molecule is [C-]#[N+]c1cc(Cn2ccnc2C)ccc1Br. The van der Waals surface area contributed by atoms with Gasteiger partial charge < -0.3 is 4.57 Å². The highest BCUT2D eigenvalue weighted by Crippen LogP contribution is 2.26. The van der Waals surface area contributed by atoms with Crippen LogP contribution in [0.15, 0.2) is 35.1 Å². The van der Waals surface area contributed by atoms with Gasteiger partial charge in [0.1, 0.15) is 5.82 Å². The zero-order chi connectivity index (χ0) is 11.5. The first-order valence-corrected chi connectivity index (χ1v) is 5.63. The Morgan fingerprint density at radius 2 is 2.31 bits per heavy atom. The summed E-state index contributed by atoms with van der Waals surface area (Å²) in [6, 6.07) is 5.82. The van der Waals surface area contributed by atoms with Crippen molar-refractivity contribution in [2.24, 2.45) is 0 Å². The van der Waals surface area contributed by atoms with Crippen LogP contribution in [0.1, 0.15) is 11.4 Å². The molecule has 0 radical (unpaired) electrons. The van der Waals surface area contributed by atoms with Gasteiger partial charge in [-0.05, 0) is 12.5 Å². The minimum Gasteiger partial charge on any atom is -0.331 e. The van der Waals surface area contributed by atoms with Crippen molar-refractivity contribution in [2.45, 2.75) is 13.5 Å². The third kappa shape index (κ3) is 2.15. The molecule has 1 aromatic heterocycles. The zero-order valence-electron chi connectivity index (χ0n) is 8.81. The van der Waals surface area contributed by atoms with E-state index in [4.69, 9.17) is 6.57 Å². The molecule has 16 heavy (non-hydrogen) atoms. The lowest BCUT2D eigenvalue weighted by Crippen LogP contribution is -2.00. The summed E-state index contributed by atoms with van der Waals surface area (Å²) in [7, 11) is 0. The number of nitrogens with zero attached hydrogens (tertiary/aromatic N) is 3. The first-order valence-electron chi connectivity index (χ1n) is 4.84. The lowest BCUT2D eigenvalue weighted by molar-refractivity contribution is 0.762. The molecule has 0 saturated heterocycles. The Balaban J connectivity index is 2.30. The maximum absolute atomic E-state index is 7.05. The highest BCUT2D eigenvalue weighted by molar-refractivity contribution is 9.10. The fourth-order valence-corrected chi connectivity index (χ4v) is 1.85. The van der Waals surface area contributed by atoms with E-state index in [0.29, 0.717) is 5.69 Å². The fraction of sp³-hybridized carbons (Fsp3) is 0.167. The minimum absolute atomic E-state index is 0.648. The average molecular weight is 276 g/mol. The van der Waals surface area contributed by atoms with Gasteiger partial charge in [0.2, 0.25) is 5.69 Å². The van der Waals surface area contributed by atoms with Crippen molar-refractivity contribution in [2.75, 3.05) is 0 Å². The summed E-state index contributed by atoms with van der Waals surface area (Å²) in [5.41, 5.74) is 1.76. The molecule has 0 aliphatic heterocycles. The molecule has 0 bridgehead atoms. The molecule has 0 spiro atoms. The number of aromatic nitrogens is 2. The van der Waals surface area contributed by atoms with E-state index in [2.05, 4.69) is 30.3 Å². The molecule has 0 fully saturated rings. The van der Waals surface area contributed by atoms with E-state index < -0.39 is 0 Å². The Kier molecular flexibility index (Phi) is 3.07. The van der Waals surface area contributed by atoms with Crippen LogP contribution in [0.5, 0.6) is 0 Å². The van der Waals surface area contributed by atoms with Crippen molar-refractivity contribution in [3.05, 3.63) is 57.9 Å². The first-order chi connectivity index (χ1) is 7.70. The summed E-state index contributed by atoms with van der Waals surface area (Å²) >= 11 is 3.35. The molecule has 0 aliphatic rings. The van der Waals surface area contributed by atoms with Gasteiger partial charge in [-0.1, -0.05) is 34.1 Å². The summed E-state index contributed by atoms with van der Waals surface area (Å²) in [6.07, 6.45) is 3.72. The molecule has 0 atom stereocenters. The monoisotopic (exact) mass is 275 g/mol. The van der Waals surface area contributed by atoms with E-state index in [-0.39, 0.29) is 0 Å². The Morgan fingerprint density at radius 3 is 2.94 bits per heavy atom. The molecule has 0 saturated carbocycles. The topological polar surface area (TPSA) is 22.2 Å². The number of hydrogen-bond donors (Lipinski definition) is 0. The molecule has 1 heterocycles. The Labute approximate surface area is 103 Å². The van der Waals surface area contributed by atoms with Crippen LogP contribution < -0.4 is 0 Å². The molecule has 2 rings (SSSR count). The summed E-state index contributed by atoms with van der Waals surface area (Å²) in [6.45, 7) is 9.77. The van der Waals surface area contributed by atoms with Gasteiger partial charge in [0.15, 0.2) is 0 Å². The summed E-state index contributed by atoms with van der Waals surface area (Å²) < 4.78 is 2.89. The van der Waals surface area contributed by atoms with E-state index in [0.717, 1.165) is 22.4 Å². The van der Waals surface area contributed by atoms with Gasteiger partial charge in [-0.15, -0.1) is 0 Å². The maximum Gasteiger partial charge on any atom is 0.201 e. The Bertz CT molecular complexity index is 552. The largest absolute Gasteiger partial charge is 0.331 e. The van der Waals surface area contributed by atoms with E-state index >= 15 is 0 Å². The quantitative estimate of drug-likeness (QED) is 0.769. The molecule has 0 N–H and O–H groups in total. The maximum atomic E-state index is 7.05. The smallest absolute Gasteiger partial charge is 0.201 e. The van der Waals surface area contributed by atoms with Crippen LogP contribution in [-0.2, 0) is 6.54 Å². The minimum atomic E-state index is 0.648. The normalized spacial score (nSPS) is 10.1. The lowest BCUT2D eigenvalue weighted by atomic mass is 10.2. The first kappa shape index (κ1) is 10.9. The van der Waals surface area contributed by atoms with Crippen molar-refractivity contribution in [3.8, 4) is 0 Å². The van der Waals surface area contributed by atoms with Crippen LogP contribution in [0, 0.1) is 13.5 Å². The van der Waals surface area contributed by atoms with Crippen LogP contribution >= 0.6 is 15.9 Å². The third-order valence-electron chi connectivity index (χ3n) is 2.41. The van der Waals surface area contributed by atoms with Crippen molar-refractivity contribution >= 4 is 21.6 Å².